The minimum Gasteiger partial charge on any atom is -0.481 e. The zero-order valence-electron chi connectivity index (χ0n) is 14.8. The predicted molar refractivity (Wildman–Crippen MR) is 91.8 cm³/mol. The van der Waals surface area contributed by atoms with E-state index in [9.17, 15) is 27.9 Å². The van der Waals surface area contributed by atoms with E-state index < -0.39 is 35.6 Å². The second-order valence-electron chi connectivity index (χ2n) is 6.73. The number of carbonyl (C=O) groups is 2. The Morgan fingerprint density at radius 1 is 1.14 bits per heavy atom. The van der Waals surface area contributed by atoms with Crippen LogP contribution in [-0.2, 0) is 11.0 Å². The highest BCUT2D eigenvalue weighted by Crippen LogP contribution is 2.33. The third-order valence-electron chi connectivity index (χ3n) is 4.83. The van der Waals surface area contributed by atoms with Crippen LogP contribution in [0.25, 0.3) is 5.69 Å². The van der Waals surface area contributed by atoms with Crippen molar-refractivity contribution in [3.05, 3.63) is 41.7 Å². The van der Waals surface area contributed by atoms with E-state index in [0.29, 0.717) is 12.8 Å². The number of amides is 1. The number of halogens is 3. The van der Waals surface area contributed by atoms with E-state index in [-0.39, 0.29) is 11.4 Å². The molecule has 1 aromatic heterocycles. The average molecular weight is 396 g/mol. The number of para-hydroxylation sites is 1. The summed E-state index contributed by atoms with van der Waals surface area (Å²) in [5.41, 5.74) is -1.33. The molecule has 10 heteroatoms. The first-order valence-electron chi connectivity index (χ1n) is 8.90. The number of rotatable bonds is 4. The third-order valence-corrected chi connectivity index (χ3v) is 4.83. The maximum Gasteiger partial charge on any atom is 0.418 e. The van der Waals surface area contributed by atoms with E-state index in [4.69, 9.17) is 0 Å². The van der Waals surface area contributed by atoms with Gasteiger partial charge in [-0.15, -0.1) is 5.10 Å². The van der Waals surface area contributed by atoms with Crippen LogP contribution in [-0.4, -0.2) is 38.0 Å². The van der Waals surface area contributed by atoms with Gasteiger partial charge in [0.15, 0.2) is 5.69 Å². The summed E-state index contributed by atoms with van der Waals surface area (Å²) in [7, 11) is 0. The van der Waals surface area contributed by atoms with Crippen molar-refractivity contribution >= 4 is 11.9 Å². The Morgan fingerprint density at radius 2 is 1.86 bits per heavy atom. The van der Waals surface area contributed by atoms with Crippen LogP contribution < -0.4 is 5.32 Å². The van der Waals surface area contributed by atoms with E-state index in [1.54, 1.807) is 0 Å². The van der Waals surface area contributed by atoms with Crippen LogP contribution in [0.5, 0.6) is 0 Å². The van der Waals surface area contributed by atoms with Crippen molar-refractivity contribution in [3.8, 4) is 5.69 Å². The molecule has 1 heterocycles. The lowest BCUT2D eigenvalue weighted by molar-refractivity contribution is -0.143. The van der Waals surface area contributed by atoms with Crippen LogP contribution >= 0.6 is 0 Å². The molecule has 2 N–H and O–H groups in total. The maximum absolute atomic E-state index is 13.2. The van der Waals surface area contributed by atoms with Gasteiger partial charge in [-0.2, -0.15) is 13.2 Å². The predicted octanol–water partition coefficient (Wildman–Crippen LogP) is 3.05. The summed E-state index contributed by atoms with van der Waals surface area (Å²) < 4.78 is 40.4. The zero-order chi connectivity index (χ0) is 20.3. The van der Waals surface area contributed by atoms with Gasteiger partial charge in [0.05, 0.1) is 23.4 Å². The van der Waals surface area contributed by atoms with Gasteiger partial charge >= 0.3 is 12.1 Å². The Hall–Kier alpha value is -2.91. The lowest BCUT2D eigenvalue weighted by Gasteiger charge is -2.22. The summed E-state index contributed by atoms with van der Waals surface area (Å²) in [5.74, 6) is -2.34. The van der Waals surface area contributed by atoms with Gasteiger partial charge in [0, 0.05) is 6.04 Å². The molecule has 2 aromatic rings. The fraction of sp³-hybridized carbons (Fsp3) is 0.444. The lowest BCUT2D eigenvalue weighted by Crippen LogP contribution is -2.43. The first kappa shape index (κ1) is 19.8. The van der Waals surface area contributed by atoms with Crippen molar-refractivity contribution in [2.75, 3.05) is 0 Å². The highest BCUT2D eigenvalue weighted by molar-refractivity contribution is 5.92. The number of aliphatic carboxylic acids is 1. The molecule has 1 aliphatic rings. The van der Waals surface area contributed by atoms with Gasteiger partial charge in [-0.3, -0.25) is 9.59 Å². The molecule has 0 saturated heterocycles. The largest absolute Gasteiger partial charge is 0.481 e. The van der Waals surface area contributed by atoms with Crippen LogP contribution in [0.1, 0.15) is 48.2 Å². The van der Waals surface area contributed by atoms with Crippen LogP contribution in [0.4, 0.5) is 13.2 Å². The number of carbonyl (C=O) groups excluding carboxylic acids is 1. The van der Waals surface area contributed by atoms with Crippen LogP contribution in [0.3, 0.4) is 0 Å². The summed E-state index contributed by atoms with van der Waals surface area (Å²) in [4.78, 5) is 23.9. The highest BCUT2D eigenvalue weighted by Gasteiger charge is 2.34. The minimum absolute atomic E-state index is 0.176. The van der Waals surface area contributed by atoms with E-state index in [1.165, 1.54) is 18.2 Å². The topological polar surface area (TPSA) is 97.1 Å². The number of nitrogens with one attached hydrogen (secondary N) is 1. The molecule has 0 unspecified atom stereocenters. The molecule has 0 aliphatic heterocycles. The number of hydrogen-bond acceptors (Lipinski definition) is 4. The quantitative estimate of drug-likeness (QED) is 0.775. The molecule has 7 nitrogen and oxygen atoms in total. The second-order valence-corrected chi connectivity index (χ2v) is 6.73. The number of hydrogen-bond donors (Lipinski definition) is 2. The Balaban J connectivity index is 1.81. The van der Waals surface area contributed by atoms with Crippen molar-refractivity contribution in [1.82, 2.24) is 20.3 Å². The molecular formula is C18H19F3N4O3. The summed E-state index contributed by atoms with van der Waals surface area (Å²) in [6.07, 6.45) is -0.0409. The van der Waals surface area contributed by atoms with Gasteiger partial charge in [0.2, 0.25) is 0 Å². The normalized spacial score (nSPS) is 20.4. The van der Waals surface area contributed by atoms with Gasteiger partial charge in [0.1, 0.15) is 0 Å². The number of alkyl halides is 3. The van der Waals surface area contributed by atoms with Crippen LogP contribution in [0, 0.1) is 5.92 Å². The smallest absolute Gasteiger partial charge is 0.418 e. The minimum atomic E-state index is -4.58. The average Bonchev–Trinajstić information content (AvgIpc) is 3.02. The molecule has 0 bridgehead atoms. The molecule has 0 radical (unpaired) electrons. The van der Waals surface area contributed by atoms with Crippen molar-refractivity contribution < 1.29 is 27.9 Å². The Labute approximate surface area is 158 Å². The molecular weight excluding hydrogens is 377 g/mol. The molecule has 1 aromatic carbocycles. The lowest BCUT2D eigenvalue weighted by atomic mass is 9.95. The van der Waals surface area contributed by atoms with Crippen molar-refractivity contribution in [2.24, 2.45) is 5.92 Å². The van der Waals surface area contributed by atoms with Gasteiger partial charge in [-0.1, -0.05) is 36.6 Å². The molecule has 2 atom stereocenters. The summed E-state index contributed by atoms with van der Waals surface area (Å²) in [6.45, 7) is 0. The Kier molecular flexibility index (Phi) is 5.66. The summed E-state index contributed by atoms with van der Waals surface area (Å²) in [5, 5.41) is 19.3. The van der Waals surface area contributed by atoms with Crippen molar-refractivity contribution in [3.63, 3.8) is 0 Å². The molecule has 1 aliphatic carbocycles. The number of carboxylic acids is 1. The molecule has 3 rings (SSSR count). The SMILES string of the molecule is O=C(N[C@H]1CCCCC[C@H]1C(=O)O)c1cn(-c2ccccc2C(F)(F)F)nn1. The summed E-state index contributed by atoms with van der Waals surface area (Å²) >= 11 is 0. The van der Waals surface area contributed by atoms with Crippen molar-refractivity contribution in [1.29, 1.82) is 0 Å². The van der Waals surface area contributed by atoms with E-state index in [0.717, 1.165) is 36.2 Å². The maximum atomic E-state index is 13.2. The number of aromatic nitrogens is 3. The van der Waals surface area contributed by atoms with Gasteiger partial charge in [-0.05, 0) is 25.0 Å². The number of carboxylic acid groups (broad SMARTS) is 1. The molecule has 1 fully saturated rings. The molecule has 28 heavy (non-hydrogen) atoms. The molecule has 1 amide bonds. The number of nitrogens with zero attached hydrogens (tertiary/aromatic N) is 3. The molecule has 150 valence electrons. The standard InChI is InChI=1S/C18H19F3N4O3/c19-18(20,21)12-7-4-5-9-15(12)25-10-14(23-24-25)16(26)22-13-8-3-1-2-6-11(13)17(27)28/h4-5,7,9-11,13H,1-3,6,8H2,(H,22,26)(H,27,28)/t11-,13+/m1/s1. The second kappa shape index (κ2) is 7.99. The van der Waals surface area contributed by atoms with E-state index in [1.807, 2.05) is 0 Å². The fourth-order valence-corrected chi connectivity index (χ4v) is 3.42. The highest BCUT2D eigenvalue weighted by atomic mass is 19.4. The first-order chi connectivity index (χ1) is 13.3. The van der Waals surface area contributed by atoms with Gasteiger partial charge in [0.25, 0.3) is 5.91 Å². The van der Waals surface area contributed by atoms with Crippen molar-refractivity contribution in [2.45, 2.75) is 44.3 Å². The first-order valence-corrected chi connectivity index (χ1v) is 8.90. The van der Waals surface area contributed by atoms with Gasteiger partial charge in [-0.25, -0.2) is 4.68 Å². The fourth-order valence-electron chi connectivity index (χ4n) is 3.42. The zero-order valence-corrected chi connectivity index (χ0v) is 14.8. The number of benzene rings is 1. The Morgan fingerprint density at radius 3 is 2.57 bits per heavy atom. The van der Waals surface area contributed by atoms with E-state index in [2.05, 4.69) is 15.6 Å². The molecule has 0 spiro atoms. The Bertz CT molecular complexity index is 866. The summed E-state index contributed by atoms with van der Waals surface area (Å²) in [6, 6.07) is 4.27. The van der Waals surface area contributed by atoms with Crippen LogP contribution in [0.15, 0.2) is 30.5 Å². The molecule has 1 saturated carbocycles. The van der Waals surface area contributed by atoms with E-state index >= 15 is 0 Å². The monoisotopic (exact) mass is 396 g/mol. The van der Waals surface area contributed by atoms with Gasteiger partial charge < -0.3 is 10.4 Å². The third kappa shape index (κ3) is 4.32. The van der Waals surface area contributed by atoms with Crippen LogP contribution in [0.2, 0.25) is 0 Å².